The van der Waals surface area contributed by atoms with E-state index in [2.05, 4.69) is 54.1 Å². The Kier molecular flexibility index (Phi) is 5.82. The maximum absolute atomic E-state index is 12.1. The fraction of sp³-hybridized carbons (Fsp3) is 0.550. The third-order valence-corrected chi connectivity index (χ3v) is 5.93. The highest BCUT2D eigenvalue weighted by Crippen LogP contribution is 2.28. The molecule has 0 bridgehead atoms. The summed E-state index contributed by atoms with van der Waals surface area (Å²) in [6, 6.07) is 10.7. The normalized spacial score (nSPS) is 19.2. The van der Waals surface area contributed by atoms with Crippen LogP contribution < -0.4 is 0 Å². The number of hydrogen-bond donors (Lipinski definition) is 0. The van der Waals surface area contributed by atoms with Crippen molar-refractivity contribution in [3.63, 3.8) is 0 Å². The molecule has 0 aliphatic carbocycles. The summed E-state index contributed by atoms with van der Waals surface area (Å²) < 4.78 is 26.1. The van der Waals surface area contributed by atoms with E-state index in [1.807, 2.05) is 4.57 Å². The van der Waals surface area contributed by atoms with Crippen LogP contribution in [-0.4, -0.2) is 42.2 Å². The van der Waals surface area contributed by atoms with Gasteiger partial charge in [0.2, 0.25) is 15.0 Å². The molecule has 0 spiro atoms. The van der Waals surface area contributed by atoms with Crippen molar-refractivity contribution in [2.24, 2.45) is 5.92 Å². The van der Waals surface area contributed by atoms with Crippen molar-refractivity contribution in [2.75, 3.05) is 19.3 Å². The van der Waals surface area contributed by atoms with E-state index in [9.17, 15) is 8.42 Å². The molecule has 1 atom stereocenters. The molecule has 0 radical (unpaired) electrons. The molecule has 1 aromatic carbocycles. The van der Waals surface area contributed by atoms with Crippen LogP contribution in [0.3, 0.4) is 0 Å². The minimum absolute atomic E-state index is 0.192. The third kappa shape index (κ3) is 4.54. The van der Waals surface area contributed by atoms with Crippen LogP contribution in [0, 0.1) is 5.92 Å². The molecular formula is C20H29N3O2S. The molecule has 2 aromatic rings. The zero-order valence-corrected chi connectivity index (χ0v) is 16.7. The second kappa shape index (κ2) is 7.92. The van der Waals surface area contributed by atoms with Crippen LogP contribution in [0.15, 0.2) is 41.7 Å². The second-order valence-corrected chi connectivity index (χ2v) is 9.70. The van der Waals surface area contributed by atoms with Gasteiger partial charge >= 0.3 is 0 Å². The van der Waals surface area contributed by atoms with Gasteiger partial charge in [0, 0.05) is 25.9 Å². The van der Waals surface area contributed by atoms with Crippen LogP contribution in [0.25, 0.3) is 0 Å². The molecule has 1 saturated heterocycles. The van der Waals surface area contributed by atoms with Crippen molar-refractivity contribution in [1.29, 1.82) is 0 Å². The number of piperidine rings is 1. The van der Waals surface area contributed by atoms with Crippen molar-refractivity contribution in [2.45, 2.75) is 50.9 Å². The summed E-state index contributed by atoms with van der Waals surface area (Å²) in [4.78, 5) is 6.66. The van der Waals surface area contributed by atoms with E-state index in [1.165, 1.54) is 18.2 Å². The molecule has 0 amide bonds. The van der Waals surface area contributed by atoms with Crippen LogP contribution in [0.5, 0.6) is 0 Å². The summed E-state index contributed by atoms with van der Waals surface area (Å²) >= 11 is 0. The van der Waals surface area contributed by atoms with E-state index in [4.69, 9.17) is 0 Å². The largest absolute Gasteiger partial charge is 0.317 e. The first-order chi connectivity index (χ1) is 12.3. The number of likely N-dealkylation sites (tertiary alicyclic amines) is 1. The van der Waals surface area contributed by atoms with Gasteiger partial charge in [-0.05, 0) is 36.8 Å². The molecule has 142 valence electrons. The first-order valence-electron chi connectivity index (χ1n) is 9.36. The predicted octanol–water partition coefficient (Wildman–Crippen LogP) is 3.32. The van der Waals surface area contributed by atoms with E-state index < -0.39 is 9.84 Å². The molecule has 5 nitrogen and oxygen atoms in total. The Morgan fingerprint density at radius 3 is 2.62 bits per heavy atom. The standard InChI is InChI=1S/C20H29N3O2S/c1-16(2)13-23-19(12-21-20(23)26(3,24)25)15-22-11-7-10-18(14-22)17-8-5-4-6-9-17/h4-6,8-9,12,16,18H,7,10-11,13-15H2,1-3H3. The second-order valence-electron chi connectivity index (χ2n) is 7.79. The monoisotopic (exact) mass is 375 g/mol. The first-order valence-corrected chi connectivity index (χ1v) is 11.3. The summed E-state index contributed by atoms with van der Waals surface area (Å²) in [5.41, 5.74) is 2.39. The fourth-order valence-electron chi connectivity index (χ4n) is 3.80. The zero-order chi connectivity index (χ0) is 18.7. The highest BCUT2D eigenvalue weighted by atomic mass is 32.2. The number of rotatable bonds is 6. The Bertz CT molecular complexity index is 828. The maximum atomic E-state index is 12.1. The van der Waals surface area contributed by atoms with E-state index in [1.54, 1.807) is 6.20 Å². The van der Waals surface area contributed by atoms with Crippen LogP contribution >= 0.6 is 0 Å². The van der Waals surface area contributed by atoms with Gasteiger partial charge in [-0.15, -0.1) is 0 Å². The molecule has 26 heavy (non-hydrogen) atoms. The average Bonchev–Trinajstić information content (AvgIpc) is 2.98. The lowest BCUT2D eigenvalue weighted by molar-refractivity contribution is 0.194. The highest BCUT2D eigenvalue weighted by Gasteiger charge is 2.24. The number of imidazole rings is 1. The Morgan fingerprint density at radius 2 is 1.96 bits per heavy atom. The van der Waals surface area contributed by atoms with Gasteiger partial charge in [0.05, 0.1) is 11.9 Å². The van der Waals surface area contributed by atoms with Gasteiger partial charge in [-0.1, -0.05) is 44.2 Å². The van der Waals surface area contributed by atoms with Gasteiger partial charge in [-0.3, -0.25) is 4.90 Å². The molecule has 2 heterocycles. The van der Waals surface area contributed by atoms with Crippen LogP contribution in [0.1, 0.15) is 43.9 Å². The van der Waals surface area contributed by atoms with Crippen molar-refractivity contribution in [3.8, 4) is 0 Å². The number of sulfone groups is 1. The van der Waals surface area contributed by atoms with Gasteiger partial charge in [0.25, 0.3) is 0 Å². The third-order valence-electron chi connectivity index (χ3n) is 4.94. The van der Waals surface area contributed by atoms with Crippen LogP contribution in [0.2, 0.25) is 0 Å². The lowest BCUT2D eigenvalue weighted by Crippen LogP contribution is -2.34. The lowest BCUT2D eigenvalue weighted by atomic mass is 9.90. The molecule has 3 rings (SSSR count). The Hall–Kier alpha value is -1.66. The van der Waals surface area contributed by atoms with Crippen molar-refractivity contribution in [3.05, 3.63) is 47.8 Å². The topological polar surface area (TPSA) is 55.2 Å². The molecule has 1 aliphatic rings. The maximum Gasteiger partial charge on any atom is 0.227 e. The van der Waals surface area contributed by atoms with E-state index in [-0.39, 0.29) is 5.16 Å². The first kappa shape index (κ1) is 19.1. The van der Waals surface area contributed by atoms with Crippen molar-refractivity contribution in [1.82, 2.24) is 14.5 Å². The van der Waals surface area contributed by atoms with E-state index in [0.717, 1.165) is 31.7 Å². The van der Waals surface area contributed by atoms with Gasteiger partial charge in [0.1, 0.15) is 0 Å². The summed E-state index contributed by atoms with van der Waals surface area (Å²) in [6.07, 6.45) is 5.35. The number of benzene rings is 1. The molecule has 0 N–H and O–H groups in total. The van der Waals surface area contributed by atoms with E-state index >= 15 is 0 Å². The molecule has 1 aliphatic heterocycles. The van der Waals surface area contributed by atoms with Crippen LogP contribution in [-0.2, 0) is 22.9 Å². The lowest BCUT2D eigenvalue weighted by Gasteiger charge is -2.33. The molecule has 1 fully saturated rings. The minimum atomic E-state index is -3.32. The summed E-state index contributed by atoms with van der Waals surface area (Å²) in [5.74, 6) is 0.905. The quantitative estimate of drug-likeness (QED) is 0.777. The smallest absolute Gasteiger partial charge is 0.227 e. The van der Waals surface area contributed by atoms with Gasteiger partial charge in [-0.25, -0.2) is 13.4 Å². The Morgan fingerprint density at radius 1 is 1.23 bits per heavy atom. The molecule has 1 unspecified atom stereocenters. The van der Waals surface area contributed by atoms with E-state index in [0.29, 0.717) is 18.4 Å². The number of aromatic nitrogens is 2. The molecule has 0 saturated carbocycles. The summed E-state index contributed by atoms with van der Waals surface area (Å²) in [6.45, 7) is 7.67. The van der Waals surface area contributed by atoms with Crippen LogP contribution in [0.4, 0.5) is 0 Å². The van der Waals surface area contributed by atoms with Gasteiger partial charge in [0.15, 0.2) is 0 Å². The molecule has 1 aromatic heterocycles. The van der Waals surface area contributed by atoms with Crippen molar-refractivity contribution >= 4 is 9.84 Å². The average molecular weight is 376 g/mol. The Labute approximate surface area is 157 Å². The molecule has 6 heteroatoms. The summed E-state index contributed by atoms with van der Waals surface area (Å²) in [5, 5.41) is 0.192. The number of nitrogens with zero attached hydrogens (tertiary/aromatic N) is 3. The SMILES string of the molecule is CC(C)Cn1c(CN2CCCC(c3ccccc3)C2)cnc1S(C)(=O)=O. The number of hydrogen-bond acceptors (Lipinski definition) is 4. The predicted molar refractivity (Wildman–Crippen MR) is 104 cm³/mol. The Balaban J connectivity index is 1.79. The van der Waals surface area contributed by atoms with Crippen molar-refractivity contribution < 1.29 is 8.42 Å². The van der Waals surface area contributed by atoms with Gasteiger partial charge in [-0.2, -0.15) is 0 Å². The van der Waals surface area contributed by atoms with Gasteiger partial charge < -0.3 is 4.57 Å². The minimum Gasteiger partial charge on any atom is -0.317 e. The molecular weight excluding hydrogens is 346 g/mol. The summed E-state index contributed by atoms with van der Waals surface area (Å²) in [7, 11) is -3.32. The highest BCUT2D eigenvalue weighted by molar-refractivity contribution is 7.90. The zero-order valence-electron chi connectivity index (χ0n) is 15.9. The fourth-order valence-corrected chi connectivity index (χ4v) is 4.64.